The molecule has 0 amide bonds. The molecule has 0 aliphatic carbocycles. The highest BCUT2D eigenvalue weighted by molar-refractivity contribution is 6.30. The molecule has 1 aliphatic rings. The van der Waals surface area contributed by atoms with Crippen molar-refractivity contribution in [2.24, 2.45) is 5.92 Å². The first kappa shape index (κ1) is 19.4. The average molecular weight is 400 g/mol. The van der Waals surface area contributed by atoms with Crippen LogP contribution >= 0.6 is 11.6 Å². The lowest BCUT2D eigenvalue weighted by Crippen LogP contribution is -2.55. The van der Waals surface area contributed by atoms with Gasteiger partial charge in [0, 0.05) is 17.3 Å². The Morgan fingerprint density at radius 3 is 2.48 bits per heavy atom. The van der Waals surface area contributed by atoms with Gasteiger partial charge >= 0.3 is 12.1 Å². The lowest BCUT2D eigenvalue weighted by Gasteiger charge is -2.43. The lowest BCUT2D eigenvalue weighted by molar-refractivity contribution is -0.175. The molecule has 1 aliphatic heterocycles. The summed E-state index contributed by atoms with van der Waals surface area (Å²) < 4.78 is 46.6. The molecule has 0 saturated carbocycles. The number of halogens is 4. The first-order valence-electron chi connectivity index (χ1n) is 8.18. The minimum atomic E-state index is -4.70. The number of anilines is 1. The van der Waals surface area contributed by atoms with E-state index in [9.17, 15) is 23.1 Å². The maximum atomic E-state index is 13.8. The van der Waals surface area contributed by atoms with E-state index in [4.69, 9.17) is 16.3 Å². The molecule has 144 valence electrons. The standard InChI is InChI=1S/C19H17ClF3NO3/c1-27-14-5-2-11(3-6-14)10-24-16-7-4-13(20)8-12(16)9-15(18(25)26)17(24)19(21,22)23/h2-8,15,17H,9-10H2,1H3,(H,25,26). The summed E-state index contributed by atoms with van der Waals surface area (Å²) in [6.07, 6.45) is -4.93. The normalized spacial score (nSPS) is 19.5. The van der Waals surface area contributed by atoms with Gasteiger partial charge in [-0.25, -0.2) is 0 Å². The van der Waals surface area contributed by atoms with Crippen LogP contribution < -0.4 is 9.64 Å². The Hall–Kier alpha value is -2.41. The number of methoxy groups -OCH3 is 1. The Labute approximate surface area is 159 Å². The molecule has 2 aromatic rings. The van der Waals surface area contributed by atoms with Gasteiger partial charge in [-0.2, -0.15) is 13.2 Å². The Balaban J connectivity index is 2.07. The Bertz CT molecular complexity index is 839. The number of fused-ring (bicyclic) bond motifs is 1. The van der Waals surface area contributed by atoms with Crippen LogP contribution in [0.1, 0.15) is 11.1 Å². The molecule has 0 bridgehead atoms. The molecule has 27 heavy (non-hydrogen) atoms. The van der Waals surface area contributed by atoms with Crippen LogP contribution in [0.25, 0.3) is 0 Å². The summed E-state index contributed by atoms with van der Waals surface area (Å²) in [5, 5.41) is 9.80. The highest BCUT2D eigenvalue weighted by Crippen LogP contribution is 2.43. The quantitative estimate of drug-likeness (QED) is 0.819. The summed E-state index contributed by atoms with van der Waals surface area (Å²) in [7, 11) is 1.50. The van der Waals surface area contributed by atoms with Gasteiger partial charge in [0.1, 0.15) is 11.8 Å². The second kappa shape index (κ2) is 7.31. The Morgan fingerprint density at radius 2 is 1.93 bits per heavy atom. The molecule has 0 aromatic heterocycles. The van der Waals surface area contributed by atoms with Gasteiger partial charge in [-0.15, -0.1) is 0 Å². The van der Waals surface area contributed by atoms with Crippen molar-refractivity contribution in [3.63, 3.8) is 0 Å². The Kier molecular flexibility index (Phi) is 5.24. The van der Waals surface area contributed by atoms with Crippen LogP contribution in [-0.2, 0) is 17.8 Å². The number of ether oxygens (including phenoxy) is 1. The number of carboxylic acid groups (broad SMARTS) is 1. The zero-order chi connectivity index (χ0) is 19.8. The van der Waals surface area contributed by atoms with Crippen molar-refractivity contribution in [3.05, 3.63) is 58.6 Å². The van der Waals surface area contributed by atoms with E-state index >= 15 is 0 Å². The molecule has 2 aromatic carbocycles. The fraction of sp³-hybridized carbons (Fsp3) is 0.316. The second-order valence-corrected chi connectivity index (χ2v) is 6.82. The van der Waals surface area contributed by atoms with Gasteiger partial charge in [0.05, 0.1) is 13.0 Å². The highest BCUT2D eigenvalue weighted by Gasteiger charge is 2.53. The molecular formula is C19H17ClF3NO3. The summed E-state index contributed by atoms with van der Waals surface area (Å²) in [5.74, 6) is -2.52. The summed E-state index contributed by atoms with van der Waals surface area (Å²) in [4.78, 5) is 12.7. The maximum absolute atomic E-state index is 13.8. The van der Waals surface area contributed by atoms with Gasteiger partial charge in [0.25, 0.3) is 0 Å². The zero-order valence-electron chi connectivity index (χ0n) is 14.3. The van der Waals surface area contributed by atoms with Gasteiger partial charge < -0.3 is 14.7 Å². The summed E-state index contributed by atoms with van der Waals surface area (Å²) >= 11 is 5.97. The first-order chi connectivity index (χ1) is 12.7. The summed E-state index contributed by atoms with van der Waals surface area (Å²) in [6, 6.07) is 9.04. The van der Waals surface area contributed by atoms with E-state index in [2.05, 4.69) is 0 Å². The van der Waals surface area contributed by atoms with E-state index in [-0.39, 0.29) is 13.0 Å². The van der Waals surface area contributed by atoms with Crippen molar-refractivity contribution in [3.8, 4) is 5.75 Å². The van der Waals surface area contributed by atoms with Gasteiger partial charge in [-0.3, -0.25) is 4.79 Å². The van der Waals surface area contributed by atoms with Crippen molar-refractivity contribution in [1.82, 2.24) is 0 Å². The SMILES string of the molecule is COc1ccc(CN2c3ccc(Cl)cc3CC(C(=O)O)C2C(F)(F)F)cc1. The third-order valence-corrected chi connectivity index (χ3v) is 4.91. The van der Waals surface area contributed by atoms with Gasteiger partial charge in [0.15, 0.2) is 0 Å². The van der Waals surface area contributed by atoms with Gasteiger partial charge in [0.2, 0.25) is 0 Å². The van der Waals surface area contributed by atoms with Crippen LogP contribution in [0.15, 0.2) is 42.5 Å². The van der Waals surface area contributed by atoms with Gasteiger partial charge in [-0.05, 0) is 47.9 Å². The molecule has 2 unspecified atom stereocenters. The molecule has 3 rings (SSSR count). The molecule has 1 heterocycles. The number of alkyl halides is 3. The molecule has 8 heteroatoms. The largest absolute Gasteiger partial charge is 0.497 e. The fourth-order valence-corrected chi connectivity index (χ4v) is 3.65. The number of aliphatic carboxylic acids is 1. The minimum absolute atomic E-state index is 0.0907. The Morgan fingerprint density at radius 1 is 1.26 bits per heavy atom. The van der Waals surface area contributed by atoms with Crippen molar-refractivity contribution in [1.29, 1.82) is 0 Å². The first-order valence-corrected chi connectivity index (χ1v) is 8.56. The van der Waals surface area contributed by atoms with Crippen LogP contribution in [0.2, 0.25) is 5.02 Å². The predicted molar refractivity (Wildman–Crippen MR) is 95.3 cm³/mol. The van der Waals surface area contributed by atoms with E-state index in [1.807, 2.05) is 0 Å². The lowest BCUT2D eigenvalue weighted by atomic mass is 9.84. The molecule has 0 fully saturated rings. The number of hydrogen-bond acceptors (Lipinski definition) is 3. The van der Waals surface area contributed by atoms with Crippen LogP contribution in [0.5, 0.6) is 5.75 Å². The van der Waals surface area contributed by atoms with Crippen molar-refractivity contribution < 1.29 is 27.8 Å². The van der Waals surface area contributed by atoms with Crippen LogP contribution in [0, 0.1) is 5.92 Å². The number of nitrogens with zero attached hydrogens (tertiary/aromatic N) is 1. The van der Waals surface area contributed by atoms with Gasteiger partial charge in [-0.1, -0.05) is 23.7 Å². The third kappa shape index (κ3) is 3.98. The minimum Gasteiger partial charge on any atom is -0.497 e. The molecule has 0 radical (unpaired) electrons. The number of carboxylic acids is 1. The van der Waals surface area contributed by atoms with E-state index in [1.54, 1.807) is 24.3 Å². The van der Waals surface area contributed by atoms with Crippen LogP contribution in [0.3, 0.4) is 0 Å². The van der Waals surface area contributed by atoms with Crippen LogP contribution in [0.4, 0.5) is 18.9 Å². The number of benzene rings is 2. The molecule has 2 atom stereocenters. The zero-order valence-corrected chi connectivity index (χ0v) is 15.1. The maximum Gasteiger partial charge on any atom is 0.409 e. The molecule has 0 spiro atoms. The second-order valence-electron chi connectivity index (χ2n) is 6.38. The van der Waals surface area contributed by atoms with Crippen LogP contribution in [-0.4, -0.2) is 30.4 Å². The van der Waals surface area contributed by atoms with E-state index in [0.717, 1.165) is 4.90 Å². The monoisotopic (exact) mass is 399 g/mol. The number of hydrogen-bond donors (Lipinski definition) is 1. The third-order valence-electron chi connectivity index (χ3n) is 4.67. The molecule has 1 N–H and O–H groups in total. The van der Waals surface area contributed by atoms with E-state index in [0.29, 0.717) is 27.6 Å². The highest BCUT2D eigenvalue weighted by atomic mass is 35.5. The topological polar surface area (TPSA) is 49.8 Å². The molecular weight excluding hydrogens is 383 g/mol. The van der Waals surface area contributed by atoms with E-state index in [1.165, 1.54) is 25.3 Å². The van der Waals surface area contributed by atoms with Crippen molar-refractivity contribution in [2.45, 2.75) is 25.2 Å². The van der Waals surface area contributed by atoms with Crippen molar-refractivity contribution in [2.75, 3.05) is 12.0 Å². The average Bonchev–Trinajstić information content (AvgIpc) is 2.60. The fourth-order valence-electron chi connectivity index (χ4n) is 3.45. The summed E-state index contributed by atoms with van der Waals surface area (Å²) in [6.45, 7) is -0.0907. The van der Waals surface area contributed by atoms with E-state index < -0.39 is 24.1 Å². The number of carbonyl (C=O) groups is 1. The number of rotatable bonds is 4. The predicted octanol–water partition coefficient (Wildman–Crippen LogP) is 4.54. The molecule has 4 nitrogen and oxygen atoms in total. The van der Waals surface area contributed by atoms with Crippen molar-refractivity contribution >= 4 is 23.3 Å². The summed E-state index contributed by atoms with van der Waals surface area (Å²) in [5.41, 5.74) is 1.44. The smallest absolute Gasteiger partial charge is 0.409 e. The molecule has 0 saturated heterocycles.